The topological polar surface area (TPSA) is 50.9 Å². The molecule has 3 aromatic rings. The van der Waals surface area contributed by atoms with Crippen molar-refractivity contribution in [3.8, 4) is 0 Å². The van der Waals surface area contributed by atoms with Crippen LogP contribution in [-0.4, -0.2) is 19.9 Å². The monoisotopic (exact) mass is 293 g/mol. The first kappa shape index (κ1) is 14.5. The van der Waals surface area contributed by atoms with Crippen LogP contribution in [0.5, 0.6) is 0 Å². The Kier molecular flexibility index (Phi) is 4.61. The Hall–Kier alpha value is -2.46. The van der Waals surface area contributed by atoms with E-state index in [1.54, 1.807) is 4.68 Å². The van der Waals surface area contributed by atoms with E-state index in [2.05, 4.69) is 22.2 Å². The van der Waals surface area contributed by atoms with Crippen molar-refractivity contribution in [3.05, 3.63) is 83.9 Å². The molecule has 112 valence electrons. The Morgan fingerprint density at radius 1 is 0.909 bits per heavy atom. The number of benzene rings is 2. The molecule has 0 saturated carbocycles. The fourth-order valence-electron chi connectivity index (χ4n) is 2.51. The first-order chi connectivity index (χ1) is 10.8. The van der Waals surface area contributed by atoms with Gasteiger partial charge in [-0.2, -0.15) is 5.10 Å². The molecule has 0 fully saturated rings. The average molecular weight is 293 g/mol. The molecule has 0 bridgehead atoms. The lowest BCUT2D eigenvalue weighted by molar-refractivity contribution is 0.161. The highest BCUT2D eigenvalue weighted by atomic mass is 16.3. The Bertz CT molecular complexity index is 695. The zero-order valence-corrected chi connectivity index (χ0v) is 12.3. The summed E-state index contributed by atoms with van der Waals surface area (Å²) in [5.74, 6) is 0.625. The zero-order chi connectivity index (χ0) is 15.2. The van der Waals surface area contributed by atoms with E-state index in [9.17, 15) is 5.11 Å². The summed E-state index contributed by atoms with van der Waals surface area (Å²) < 4.78 is 1.79. The van der Waals surface area contributed by atoms with Gasteiger partial charge in [0.1, 0.15) is 12.4 Å². The van der Waals surface area contributed by atoms with Gasteiger partial charge >= 0.3 is 0 Å². The summed E-state index contributed by atoms with van der Waals surface area (Å²) in [6.45, 7) is 0.713. The standard InChI is InChI=1S/C18H19N3O/c22-17(13-16-9-5-2-6-10-16)18-19-14-20-21(18)12-11-15-7-3-1-4-8-15/h1-10,14,17,22H,11-13H2/t17-/m0/s1. The molecule has 2 aromatic carbocycles. The number of rotatable bonds is 6. The van der Waals surface area contributed by atoms with E-state index >= 15 is 0 Å². The first-order valence-corrected chi connectivity index (χ1v) is 7.46. The lowest BCUT2D eigenvalue weighted by Gasteiger charge is -2.12. The van der Waals surface area contributed by atoms with E-state index in [1.165, 1.54) is 11.9 Å². The molecule has 4 heteroatoms. The Balaban J connectivity index is 1.66. The molecule has 4 nitrogen and oxygen atoms in total. The van der Waals surface area contributed by atoms with E-state index < -0.39 is 6.10 Å². The molecular formula is C18H19N3O. The molecule has 0 aliphatic carbocycles. The average Bonchev–Trinajstić information content (AvgIpc) is 3.03. The van der Waals surface area contributed by atoms with Crippen LogP contribution in [0.1, 0.15) is 23.1 Å². The predicted molar refractivity (Wildman–Crippen MR) is 85.3 cm³/mol. The van der Waals surface area contributed by atoms with Crippen molar-refractivity contribution in [2.24, 2.45) is 0 Å². The van der Waals surface area contributed by atoms with Crippen molar-refractivity contribution in [2.75, 3.05) is 0 Å². The lowest BCUT2D eigenvalue weighted by Crippen LogP contribution is -2.13. The van der Waals surface area contributed by atoms with Crippen LogP contribution >= 0.6 is 0 Å². The molecule has 0 radical (unpaired) electrons. The summed E-state index contributed by atoms with van der Waals surface area (Å²) in [5.41, 5.74) is 2.34. The van der Waals surface area contributed by atoms with Crippen molar-refractivity contribution in [1.82, 2.24) is 14.8 Å². The van der Waals surface area contributed by atoms with Crippen LogP contribution in [0.4, 0.5) is 0 Å². The van der Waals surface area contributed by atoms with Crippen LogP contribution in [0.2, 0.25) is 0 Å². The van der Waals surface area contributed by atoms with Crippen molar-refractivity contribution in [3.63, 3.8) is 0 Å². The summed E-state index contributed by atoms with van der Waals surface area (Å²) in [6, 6.07) is 20.2. The number of nitrogens with zero attached hydrogens (tertiary/aromatic N) is 3. The number of aromatic nitrogens is 3. The van der Waals surface area contributed by atoms with E-state index in [1.807, 2.05) is 48.5 Å². The number of aliphatic hydroxyl groups excluding tert-OH is 1. The maximum atomic E-state index is 10.4. The van der Waals surface area contributed by atoms with E-state index in [0.29, 0.717) is 18.8 Å². The van der Waals surface area contributed by atoms with Crippen LogP contribution in [-0.2, 0) is 19.4 Å². The van der Waals surface area contributed by atoms with Crippen molar-refractivity contribution < 1.29 is 5.11 Å². The van der Waals surface area contributed by atoms with Gasteiger partial charge in [0.2, 0.25) is 0 Å². The molecule has 1 atom stereocenters. The van der Waals surface area contributed by atoms with Crippen LogP contribution in [0.3, 0.4) is 0 Å². The molecule has 1 N–H and O–H groups in total. The molecule has 0 amide bonds. The van der Waals surface area contributed by atoms with Crippen LogP contribution in [0.25, 0.3) is 0 Å². The molecule has 0 saturated heterocycles. The minimum absolute atomic E-state index is 0.546. The van der Waals surface area contributed by atoms with Gasteiger partial charge in [-0.25, -0.2) is 9.67 Å². The molecule has 0 aliphatic rings. The van der Waals surface area contributed by atoms with E-state index in [-0.39, 0.29) is 0 Å². The number of hydrogen-bond donors (Lipinski definition) is 1. The molecule has 22 heavy (non-hydrogen) atoms. The molecule has 0 aliphatic heterocycles. The largest absolute Gasteiger partial charge is 0.385 e. The third-order valence-corrected chi connectivity index (χ3v) is 3.67. The smallest absolute Gasteiger partial charge is 0.156 e. The summed E-state index contributed by atoms with van der Waals surface area (Å²) in [7, 11) is 0. The van der Waals surface area contributed by atoms with Gasteiger partial charge in [-0.15, -0.1) is 0 Å². The second-order valence-electron chi connectivity index (χ2n) is 5.28. The normalized spacial score (nSPS) is 12.2. The second kappa shape index (κ2) is 7.00. The lowest BCUT2D eigenvalue weighted by atomic mass is 10.1. The quantitative estimate of drug-likeness (QED) is 0.760. The minimum atomic E-state index is -0.638. The van der Waals surface area contributed by atoms with Crippen molar-refractivity contribution >= 4 is 0 Å². The van der Waals surface area contributed by atoms with E-state index in [4.69, 9.17) is 0 Å². The molecule has 0 spiro atoms. The van der Waals surface area contributed by atoms with Gasteiger partial charge in [0.15, 0.2) is 5.82 Å². The summed E-state index contributed by atoms with van der Waals surface area (Å²) in [4.78, 5) is 4.23. The second-order valence-corrected chi connectivity index (χ2v) is 5.28. The maximum Gasteiger partial charge on any atom is 0.156 e. The molecule has 1 heterocycles. The third kappa shape index (κ3) is 3.59. The van der Waals surface area contributed by atoms with Gasteiger partial charge in [0, 0.05) is 13.0 Å². The molecule has 3 rings (SSSR count). The van der Waals surface area contributed by atoms with Crippen LogP contribution in [0, 0.1) is 0 Å². The SMILES string of the molecule is O[C@@H](Cc1ccccc1)c1ncnn1CCc1ccccc1. The van der Waals surface area contributed by atoms with Gasteiger partial charge in [-0.05, 0) is 17.5 Å². The van der Waals surface area contributed by atoms with Crippen LogP contribution in [0.15, 0.2) is 67.0 Å². The van der Waals surface area contributed by atoms with Crippen LogP contribution < -0.4 is 0 Å². The molecule has 1 aromatic heterocycles. The summed E-state index contributed by atoms with van der Waals surface area (Å²) in [6.07, 6.45) is 2.29. The Morgan fingerprint density at radius 3 is 2.23 bits per heavy atom. The minimum Gasteiger partial charge on any atom is -0.385 e. The Labute approximate surface area is 130 Å². The predicted octanol–water partition coefficient (Wildman–Crippen LogP) is 2.80. The zero-order valence-electron chi connectivity index (χ0n) is 12.3. The highest BCUT2D eigenvalue weighted by Crippen LogP contribution is 2.16. The third-order valence-electron chi connectivity index (χ3n) is 3.67. The Morgan fingerprint density at radius 2 is 1.55 bits per heavy atom. The van der Waals surface area contributed by atoms with Crippen molar-refractivity contribution in [1.29, 1.82) is 0 Å². The fraction of sp³-hybridized carbons (Fsp3) is 0.222. The van der Waals surface area contributed by atoms with Gasteiger partial charge in [0.25, 0.3) is 0 Å². The summed E-state index contributed by atoms with van der Waals surface area (Å²) >= 11 is 0. The highest BCUT2D eigenvalue weighted by molar-refractivity contribution is 5.17. The fourth-order valence-corrected chi connectivity index (χ4v) is 2.51. The van der Waals surface area contributed by atoms with Crippen molar-refractivity contribution in [2.45, 2.75) is 25.5 Å². The maximum absolute atomic E-state index is 10.4. The molecule has 0 unspecified atom stereocenters. The number of aliphatic hydroxyl groups is 1. The summed E-state index contributed by atoms with van der Waals surface area (Å²) in [5, 5.41) is 14.7. The van der Waals surface area contributed by atoms with E-state index in [0.717, 1.165) is 12.0 Å². The van der Waals surface area contributed by atoms with Gasteiger partial charge in [0.05, 0.1) is 0 Å². The first-order valence-electron chi connectivity index (χ1n) is 7.46. The number of hydrogen-bond acceptors (Lipinski definition) is 3. The van der Waals surface area contributed by atoms with Gasteiger partial charge in [-0.3, -0.25) is 0 Å². The number of aryl methyl sites for hydroxylation is 2. The van der Waals surface area contributed by atoms with Gasteiger partial charge in [-0.1, -0.05) is 60.7 Å². The van der Waals surface area contributed by atoms with Gasteiger partial charge < -0.3 is 5.11 Å². The highest BCUT2D eigenvalue weighted by Gasteiger charge is 2.15. The molecular weight excluding hydrogens is 274 g/mol.